The molecule has 1 aliphatic carbocycles. The first kappa shape index (κ1) is 14.6. The lowest BCUT2D eigenvalue weighted by Gasteiger charge is -2.21. The molecule has 1 aromatic rings. The second kappa shape index (κ2) is 6.56. The Morgan fingerprint density at radius 1 is 1.40 bits per heavy atom. The van der Waals surface area contributed by atoms with Crippen LogP contribution in [-0.4, -0.2) is 46.8 Å². The third kappa shape index (κ3) is 3.38. The van der Waals surface area contributed by atoms with E-state index in [1.54, 1.807) is 17.0 Å². The Morgan fingerprint density at radius 2 is 2.15 bits per heavy atom. The molecule has 0 aliphatic heterocycles. The van der Waals surface area contributed by atoms with Crippen LogP contribution in [0.1, 0.15) is 34.3 Å². The number of rotatable bonds is 4. The predicted molar refractivity (Wildman–Crippen MR) is 76.3 cm³/mol. The summed E-state index contributed by atoms with van der Waals surface area (Å²) in [6.45, 7) is 2.09. The van der Waals surface area contributed by atoms with Crippen molar-refractivity contribution >= 4 is 5.91 Å². The molecule has 0 saturated heterocycles. The van der Waals surface area contributed by atoms with E-state index in [2.05, 4.69) is 11.8 Å². The van der Waals surface area contributed by atoms with Crippen LogP contribution in [0.3, 0.4) is 0 Å². The fourth-order valence-electron chi connectivity index (χ4n) is 2.18. The summed E-state index contributed by atoms with van der Waals surface area (Å²) in [5.74, 6) is 5.42. The Balaban J connectivity index is 2.19. The largest absolute Gasteiger partial charge is 0.395 e. The Labute approximate surface area is 119 Å². The maximum absolute atomic E-state index is 12.4. The van der Waals surface area contributed by atoms with Crippen LogP contribution in [0, 0.1) is 18.8 Å². The first-order valence-corrected chi connectivity index (χ1v) is 6.79. The molecule has 4 heteroatoms. The molecule has 1 aliphatic rings. The molecule has 4 nitrogen and oxygen atoms in total. The number of hydrogen-bond acceptors (Lipinski definition) is 3. The van der Waals surface area contributed by atoms with Crippen molar-refractivity contribution < 1.29 is 15.0 Å². The number of carbonyl (C=O) groups excluding carboxylic acids is 1. The van der Waals surface area contributed by atoms with Crippen molar-refractivity contribution in [3.8, 4) is 11.8 Å². The molecule has 0 spiro atoms. The first-order chi connectivity index (χ1) is 9.67. The SMILES string of the molecule is Cc1cc(C(=O)N(CCO)C2CC2)ccc1C#CCO. The highest BCUT2D eigenvalue weighted by atomic mass is 16.3. The van der Waals surface area contributed by atoms with Crippen molar-refractivity contribution in [3.63, 3.8) is 0 Å². The van der Waals surface area contributed by atoms with Crippen molar-refractivity contribution in [2.24, 2.45) is 0 Å². The van der Waals surface area contributed by atoms with Crippen LogP contribution in [-0.2, 0) is 0 Å². The average molecular weight is 273 g/mol. The first-order valence-electron chi connectivity index (χ1n) is 6.79. The van der Waals surface area contributed by atoms with Crippen LogP contribution in [0.4, 0.5) is 0 Å². The van der Waals surface area contributed by atoms with Crippen LogP contribution in [0.5, 0.6) is 0 Å². The second-order valence-electron chi connectivity index (χ2n) is 4.94. The molecule has 0 aromatic heterocycles. The third-order valence-corrected chi connectivity index (χ3v) is 3.36. The van der Waals surface area contributed by atoms with Crippen molar-refractivity contribution in [1.29, 1.82) is 0 Å². The normalized spacial score (nSPS) is 13.6. The zero-order chi connectivity index (χ0) is 14.5. The smallest absolute Gasteiger partial charge is 0.254 e. The molecular weight excluding hydrogens is 254 g/mol. The molecular formula is C16H19NO3. The molecule has 2 N–H and O–H groups in total. The maximum atomic E-state index is 12.4. The minimum absolute atomic E-state index is 0.0126. The summed E-state index contributed by atoms with van der Waals surface area (Å²) >= 11 is 0. The summed E-state index contributed by atoms with van der Waals surface area (Å²) < 4.78 is 0. The van der Waals surface area contributed by atoms with E-state index >= 15 is 0 Å². The molecule has 0 bridgehead atoms. The van der Waals surface area contributed by atoms with E-state index < -0.39 is 0 Å². The number of benzene rings is 1. The number of aryl methyl sites for hydroxylation is 1. The standard InChI is InChI=1S/C16H19NO3/c1-12-11-14(5-4-13(12)3-2-9-18)16(20)17(8-10-19)15-6-7-15/h4-5,11,15,18-19H,6-10H2,1H3. The lowest BCUT2D eigenvalue weighted by molar-refractivity contribution is 0.0707. The zero-order valence-corrected chi connectivity index (χ0v) is 11.6. The zero-order valence-electron chi connectivity index (χ0n) is 11.6. The summed E-state index contributed by atoms with van der Waals surface area (Å²) in [6.07, 6.45) is 2.04. The van der Waals surface area contributed by atoms with Gasteiger partial charge in [-0.05, 0) is 43.5 Å². The molecule has 20 heavy (non-hydrogen) atoms. The van der Waals surface area contributed by atoms with Crippen molar-refractivity contribution in [3.05, 3.63) is 34.9 Å². The van der Waals surface area contributed by atoms with Gasteiger partial charge in [-0.3, -0.25) is 4.79 Å². The molecule has 0 radical (unpaired) electrons. The predicted octanol–water partition coefficient (Wildman–Crippen LogP) is 0.936. The lowest BCUT2D eigenvalue weighted by atomic mass is 10.0. The molecule has 1 fully saturated rings. The summed E-state index contributed by atoms with van der Waals surface area (Å²) in [4.78, 5) is 14.2. The van der Waals surface area contributed by atoms with Gasteiger partial charge in [-0.1, -0.05) is 11.8 Å². The van der Waals surface area contributed by atoms with Gasteiger partial charge in [-0.15, -0.1) is 0 Å². The van der Waals surface area contributed by atoms with Crippen LogP contribution in [0.15, 0.2) is 18.2 Å². The van der Waals surface area contributed by atoms with Gasteiger partial charge in [-0.2, -0.15) is 0 Å². The van der Waals surface area contributed by atoms with Gasteiger partial charge in [0, 0.05) is 23.7 Å². The van der Waals surface area contributed by atoms with E-state index in [4.69, 9.17) is 10.2 Å². The Kier molecular flexibility index (Phi) is 4.78. The highest BCUT2D eigenvalue weighted by Gasteiger charge is 2.32. The highest BCUT2D eigenvalue weighted by Crippen LogP contribution is 2.28. The molecule has 0 heterocycles. The van der Waals surface area contributed by atoms with Gasteiger partial charge >= 0.3 is 0 Å². The third-order valence-electron chi connectivity index (χ3n) is 3.36. The minimum Gasteiger partial charge on any atom is -0.395 e. The topological polar surface area (TPSA) is 60.8 Å². The Bertz CT molecular complexity index is 553. The number of aliphatic hydroxyl groups excluding tert-OH is 2. The number of amides is 1. The van der Waals surface area contributed by atoms with E-state index in [1.165, 1.54) is 0 Å². The summed E-state index contributed by atoms with van der Waals surface area (Å²) in [6, 6.07) is 5.65. The monoisotopic (exact) mass is 273 g/mol. The summed E-state index contributed by atoms with van der Waals surface area (Å²) in [5, 5.41) is 17.8. The number of hydrogen-bond donors (Lipinski definition) is 2. The molecule has 1 aromatic carbocycles. The molecule has 0 unspecified atom stereocenters. The van der Waals surface area contributed by atoms with Gasteiger partial charge in [0.1, 0.15) is 6.61 Å². The lowest BCUT2D eigenvalue weighted by Crippen LogP contribution is -2.35. The van der Waals surface area contributed by atoms with E-state index in [9.17, 15) is 4.79 Å². The van der Waals surface area contributed by atoms with Crippen LogP contribution >= 0.6 is 0 Å². The quantitative estimate of drug-likeness (QED) is 0.803. The van der Waals surface area contributed by atoms with Crippen molar-refractivity contribution in [2.75, 3.05) is 19.8 Å². The van der Waals surface area contributed by atoms with E-state index in [0.717, 1.165) is 24.0 Å². The molecule has 106 valence electrons. The van der Waals surface area contributed by atoms with Gasteiger partial charge in [0.15, 0.2) is 0 Å². The molecule has 0 atom stereocenters. The fourth-order valence-corrected chi connectivity index (χ4v) is 2.18. The molecule has 1 saturated carbocycles. The molecule has 2 rings (SSSR count). The fraction of sp³-hybridized carbons (Fsp3) is 0.438. The summed E-state index contributed by atoms with van der Waals surface area (Å²) in [5.41, 5.74) is 2.35. The molecule has 1 amide bonds. The second-order valence-corrected chi connectivity index (χ2v) is 4.94. The van der Waals surface area contributed by atoms with Crippen molar-refractivity contribution in [2.45, 2.75) is 25.8 Å². The van der Waals surface area contributed by atoms with Gasteiger partial charge in [0.25, 0.3) is 5.91 Å². The number of carbonyl (C=O) groups is 1. The Morgan fingerprint density at radius 3 is 2.70 bits per heavy atom. The van der Waals surface area contributed by atoms with Gasteiger partial charge < -0.3 is 15.1 Å². The average Bonchev–Trinajstić information content (AvgIpc) is 3.27. The van der Waals surface area contributed by atoms with E-state index in [0.29, 0.717) is 12.1 Å². The maximum Gasteiger partial charge on any atom is 0.254 e. The van der Waals surface area contributed by atoms with Gasteiger partial charge in [-0.25, -0.2) is 0 Å². The van der Waals surface area contributed by atoms with Gasteiger partial charge in [0.05, 0.1) is 6.61 Å². The van der Waals surface area contributed by atoms with Crippen LogP contribution < -0.4 is 0 Å². The number of aliphatic hydroxyl groups is 2. The Hall–Kier alpha value is -1.83. The summed E-state index contributed by atoms with van der Waals surface area (Å²) in [7, 11) is 0. The minimum atomic E-state index is -0.175. The van der Waals surface area contributed by atoms with Crippen LogP contribution in [0.2, 0.25) is 0 Å². The van der Waals surface area contributed by atoms with Gasteiger partial charge in [0.2, 0.25) is 0 Å². The number of nitrogens with zero attached hydrogens (tertiary/aromatic N) is 1. The van der Waals surface area contributed by atoms with E-state index in [-0.39, 0.29) is 25.2 Å². The van der Waals surface area contributed by atoms with E-state index in [1.807, 2.05) is 13.0 Å². The highest BCUT2D eigenvalue weighted by molar-refractivity contribution is 5.95. The van der Waals surface area contributed by atoms with Crippen LogP contribution in [0.25, 0.3) is 0 Å². The van der Waals surface area contributed by atoms with Crippen molar-refractivity contribution in [1.82, 2.24) is 4.90 Å².